The predicted molar refractivity (Wildman–Crippen MR) is 84.5 cm³/mol. The zero-order chi connectivity index (χ0) is 17.2. The molecule has 0 spiro atoms. The Morgan fingerprint density at radius 1 is 1.25 bits per heavy atom. The first-order valence-electron chi connectivity index (χ1n) is 6.96. The molecule has 3 rings (SSSR count). The van der Waals surface area contributed by atoms with Crippen molar-refractivity contribution < 1.29 is 18.0 Å². The molecule has 3 aromatic rings. The summed E-state index contributed by atoms with van der Waals surface area (Å²) in [5.74, 6) is -0.783. The third kappa shape index (κ3) is 3.48. The van der Waals surface area contributed by atoms with E-state index in [4.69, 9.17) is 0 Å². The number of nitrogens with one attached hydrogen (secondary N) is 2. The molecule has 1 amide bonds. The van der Waals surface area contributed by atoms with Crippen molar-refractivity contribution in [2.45, 2.75) is 12.7 Å². The lowest BCUT2D eigenvalue weighted by Gasteiger charge is -2.12. The maximum atomic E-state index is 12.9. The Bertz CT molecular complexity index is 840. The number of aromatic amines is 1. The number of H-pyrrole nitrogens is 1. The molecule has 2 N–H and O–H groups in total. The molecule has 2 aromatic heterocycles. The molecule has 0 saturated heterocycles. The number of halogens is 3. The highest BCUT2D eigenvalue weighted by Gasteiger charge is 2.34. The summed E-state index contributed by atoms with van der Waals surface area (Å²) in [6.45, 7) is 0.0577. The Morgan fingerprint density at radius 3 is 2.75 bits per heavy atom. The van der Waals surface area contributed by atoms with Gasteiger partial charge in [-0.3, -0.25) is 9.89 Å². The number of hydrogen-bond acceptors (Lipinski definition) is 3. The van der Waals surface area contributed by atoms with Crippen LogP contribution in [0.15, 0.2) is 47.2 Å². The van der Waals surface area contributed by atoms with Crippen LogP contribution in [0.5, 0.6) is 0 Å². The van der Waals surface area contributed by atoms with Crippen LogP contribution in [0.2, 0.25) is 0 Å². The molecule has 124 valence electrons. The predicted octanol–water partition coefficient (Wildman–Crippen LogP) is 4.09. The van der Waals surface area contributed by atoms with Gasteiger partial charge in [-0.2, -0.15) is 29.6 Å². The molecule has 1 aromatic carbocycles. The summed E-state index contributed by atoms with van der Waals surface area (Å²) < 4.78 is 38.8. The Morgan fingerprint density at radius 2 is 2.04 bits per heavy atom. The second-order valence-corrected chi connectivity index (χ2v) is 5.80. The first kappa shape index (κ1) is 16.3. The highest BCUT2D eigenvalue weighted by molar-refractivity contribution is 7.08. The van der Waals surface area contributed by atoms with Crippen molar-refractivity contribution in [3.05, 3.63) is 64.0 Å². The Labute approximate surface area is 139 Å². The molecule has 0 atom stereocenters. The van der Waals surface area contributed by atoms with Crippen molar-refractivity contribution in [3.8, 4) is 11.3 Å². The van der Waals surface area contributed by atoms with Gasteiger partial charge in [0.25, 0.3) is 5.91 Å². The van der Waals surface area contributed by atoms with Crippen molar-refractivity contribution in [1.82, 2.24) is 15.5 Å². The van der Waals surface area contributed by atoms with Gasteiger partial charge in [0.1, 0.15) is 0 Å². The van der Waals surface area contributed by atoms with Gasteiger partial charge in [-0.05, 0) is 29.6 Å². The largest absolute Gasteiger partial charge is 0.417 e. The van der Waals surface area contributed by atoms with Gasteiger partial charge in [-0.15, -0.1) is 0 Å². The zero-order valence-corrected chi connectivity index (χ0v) is 13.0. The van der Waals surface area contributed by atoms with E-state index in [1.807, 2.05) is 16.8 Å². The summed E-state index contributed by atoms with van der Waals surface area (Å²) in [4.78, 5) is 12.1. The van der Waals surface area contributed by atoms with Gasteiger partial charge >= 0.3 is 6.18 Å². The van der Waals surface area contributed by atoms with Crippen molar-refractivity contribution >= 4 is 17.2 Å². The van der Waals surface area contributed by atoms with Crippen LogP contribution < -0.4 is 5.32 Å². The fraction of sp³-hybridized carbons (Fsp3) is 0.125. The number of rotatable bonds is 4. The van der Waals surface area contributed by atoms with E-state index < -0.39 is 23.2 Å². The highest BCUT2D eigenvalue weighted by atomic mass is 32.1. The van der Waals surface area contributed by atoms with Gasteiger partial charge in [0.2, 0.25) is 0 Å². The topological polar surface area (TPSA) is 57.8 Å². The number of nitrogens with zero attached hydrogens (tertiary/aromatic N) is 1. The van der Waals surface area contributed by atoms with Gasteiger partial charge in [0.15, 0.2) is 0 Å². The van der Waals surface area contributed by atoms with Crippen LogP contribution in [0, 0.1) is 0 Å². The van der Waals surface area contributed by atoms with E-state index in [1.165, 1.54) is 23.5 Å². The number of carbonyl (C=O) groups excluding carboxylic acids is 1. The van der Waals surface area contributed by atoms with Crippen LogP contribution >= 0.6 is 11.3 Å². The van der Waals surface area contributed by atoms with Crippen LogP contribution in [0.3, 0.4) is 0 Å². The molecule has 2 heterocycles. The molecule has 0 radical (unpaired) electrons. The lowest BCUT2D eigenvalue weighted by atomic mass is 10.1. The van der Waals surface area contributed by atoms with Gasteiger partial charge in [-0.25, -0.2) is 0 Å². The van der Waals surface area contributed by atoms with Crippen molar-refractivity contribution in [3.63, 3.8) is 0 Å². The minimum absolute atomic E-state index is 0.0577. The van der Waals surface area contributed by atoms with E-state index in [0.717, 1.165) is 23.4 Å². The fourth-order valence-corrected chi connectivity index (χ4v) is 2.86. The maximum absolute atomic E-state index is 12.9. The number of hydrogen-bond donors (Lipinski definition) is 2. The summed E-state index contributed by atoms with van der Waals surface area (Å²) in [6, 6.07) is 8.35. The molecule has 0 aliphatic carbocycles. The Hall–Kier alpha value is -2.61. The van der Waals surface area contributed by atoms with Crippen LogP contribution in [0.4, 0.5) is 13.2 Å². The zero-order valence-electron chi connectivity index (χ0n) is 12.2. The first-order valence-corrected chi connectivity index (χ1v) is 7.90. The van der Waals surface area contributed by atoms with Crippen LogP contribution in [0.25, 0.3) is 11.3 Å². The smallest absolute Gasteiger partial charge is 0.346 e. The third-order valence-corrected chi connectivity index (χ3v) is 4.05. The van der Waals surface area contributed by atoms with E-state index in [9.17, 15) is 18.0 Å². The number of benzene rings is 1. The van der Waals surface area contributed by atoms with Gasteiger partial charge < -0.3 is 5.32 Å². The Balaban J connectivity index is 1.71. The van der Waals surface area contributed by atoms with E-state index >= 15 is 0 Å². The number of alkyl halides is 3. The van der Waals surface area contributed by atoms with E-state index in [0.29, 0.717) is 5.69 Å². The van der Waals surface area contributed by atoms with Crippen molar-refractivity contribution in [2.75, 3.05) is 0 Å². The average Bonchev–Trinajstić information content (AvgIpc) is 3.23. The normalized spacial score (nSPS) is 11.5. The molecular formula is C16H12F3N3OS. The number of amides is 1. The van der Waals surface area contributed by atoms with Crippen LogP contribution in [-0.4, -0.2) is 16.1 Å². The summed E-state index contributed by atoms with van der Waals surface area (Å²) >= 11 is 1.53. The second kappa shape index (κ2) is 6.48. The Kier molecular flexibility index (Phi) is 4.39. The van der Waals surface area contributed by atoms with Gasteiger partial charge in [-0.1, -0.05) is 12.1 Å². The molecule has 4 nitrogen and oxygen atoms in total. The second-order valence-electron chi connectivity index (χ2n) is 5.02. The number of aromatic nitrogens is 2. The average molecular weight is 351 g/mol. The van der Waals surface area contributed by atoms with E-state index in [1.54, 1.807) is 6.07 Å². The molecular weight excluding hydrogens is 339 g/mol. The van der Waals surface area contributed by atoms with Gasteiger partial charge in [0, 0.05) is 10.9 Å². The van der Waals surface area contributed by atoms with Crippen LogP contribution in [0.1, 0.15) is 21.6 Å². The SMILES string of the molecule is O=C(NCc1cc(-c2ccsc2)n[nH]1)c1ccccc1C(F)(F)F. The molecule has 0 aliphatic rings. The summed E-state index contributed by atoms with van der Waals surface area (Å²) in [6.07, 6.45) is -4.58. The van der Waals surface area contributed by atoms with Crippen LogP contribution in [-0.2, 0) is 12.7 Å². The maximum Gasteiger partial charge on any atom is 0.417 e. The molecule has 8 heteroatoms. The highest BCUT2D eigenvalue weighted by Crippen LogP contribution is 2.31. The molecule has 24 heavy (non-hydrogen) atoms. The number of carbonyl (C=O) groups is 1. The van der Waals surface area contributed by atoms with Crippen molar-refractivity contribution in [1.29, 1.82) is 0 Å². The van der Waals surface area contributed by atoms with Gasteiger partial charge in [0.05, 0.1) is 29.1 Å². The molecule has 0 aliphatic heterocycles. The summed E-state index contributed by atoms with van der Waals surface area (Å²) in [7, 11) is 0. The lowest BCUT2D eigenvalue weighted by Crippen LogP contribution is -2.26. The standard InChI is InChI=1S/C16H12F3N3OS/c17-16(18,19)13-4-2-1-3-12(13)15(23)20-8-11-7-14(22-21-11)10-5-6-24-9-10/h1-7,9H,8H2,(H,20,23)(H,21,22). The summed E-state index contributed by atoms with van der Waals surface area (Å²) in [5.41, 5.74) is 0.912. The molecule has 0 bridgehead atoms. The fourth-order valence-electron chi connectivity index (χ4n) is 2.21. The first-order chi connectivity index (χ1) is 11.4. The van der Waals surface area contributed by atoms with Crippen molar-refractivity contribution in [2.24, 2.45) is 0 Å². The third-order valence-electron chi connectivity index (χ3n) is 3.36. The summed E-state index contributed by atoms with van der Waals surface area (Å²) in [5, 5.41) is 13.2. The minimum atomic E-state index is -4.58. The molecule has 0 unspecified atom stereocenters. The molecule has 0 saturated carbocycles. The number of thiophene rings is 1. The van der Waals surface area contributed by atoms with E-state index in [-0.39, 0.29) is 6.54 Å². The lowest BCUT2D eigenvalue weighted by molar-refractivity contribution is -0.137. The minimum Gasteiger partial charge on any atom is -0.346 e. The monoisotopic (exact) mass is 351 g/mol. The van der Waals surface area contributed by atoms with E-state index in [2.05, 4.69) is 15.5 Å². The quantitative estimate of drug-likeness (QED) is 0.744. The molecule has 0 fully saturated rings.